The molecule has 0 unspecified atom stereocenters. The fourth-order valence-electron chi connectivity index (χ4n) is 2.37. The molecule has 0 atom stereocenters. The maximum atomic E-state index is 4.26. The highest BCUT2D eigenvalue weighted by atomic mass is 15.2. The fourth-order valence-corrected chi connectivity index (χ4v) is 2.37. The van der Waals surface area contributed by atoms with Gasteiger partial charge >= 0.3 is 0 Å². The number of likely N-dealkylation sites (N-methyl/N-ethyl adjacent to an activating group) is 1. The van der Waals surface area contributed by atoms with Gasteiger partial charge < -0.3 is 20.4 Å². The van der Waals surface area contributed by atoms with E-state index in [0.29, 0.717) is 0 Å². The molecule has 0 bridgehead atoms. The molecule has 0 saturated carbocycles. The van der Waals surface area contributed by atoms with Gasteiger partial charge in [-0.25, -0.2) is 0 Å². The molecular weight excluding hydrogens is 250 g/mol. The zero-order valence-corrected chi connectivity index (χ0v) is 14.0. The minimum absolute atomic E-state index is 0.0528. The van der Waals surface area contributed by atoms with Crippen LogP contribution in [-0.4, -0.2) is 74.7 Å². The summed E-state index contributed by atoms with van der Waals surface area (Å²) in [5, 5.41) is 6.77. The van der Waals surface area contributed by atoms with Gasteiger partial charge in [0.15, 0.2) is 5.96 Å². The highest BCUT2D eigenvalue weighted by molar-refractivity contribution is 5.80. The molecule has 0 aromatic rings. The summed E-state index contributed by atoms with van der Waals surface area (Å²) in [7, 11) is 4.04. The Labute approximate surface area is 124 Å². The third-order valence-corrected chi connectivity index (χ3v) is 3.47. The lowest BCUT2D eigenvalue weighted by Gasteiger charge is -2.24. The first kappa shape index (κ1) is 17.2. The molecule has 0 radical (unpaired) electrons. The number of nitrogens with zero attached hydrogens (tertiary/aromatic N) is 3. The topological polar surface area (TPSA) is 42.9 Å². The van der Waals surface area contributed by atoms with Crippen LogP contribution in [0.5, 0.6) is 0 Å². The van der Waals surface area contributed by atoms with E-state index >= 15 is 0 Å². The van der Waals surface area contributed by atoms with Crippen LogP contribution in [-0.2, 0) is 0 Å². The summed E-state index contributed by atoms with van der Waals surface area (Å²) in [5.74, 6) is 0.896. The van der Waals surface area contributed by atoms with Gasteiger partial charge in [0.05, 0.1) is 0 Å². The number of nitrogens with one attached hydrogen (secondary N) is 2. The molecule has 5 heteroatoms. The van der Waals surface area contributed by atoms with Crippen LogP contribution in [0, 0.1) is 0 Å². The fraction of sp³-hybridized carbons (Fsp3) is 0.933. The largest absolute Gasteiger partial charge is 0.356 e. The van der Waals surface area contributed by atoms with Crippen molar-refractivity contribution >= 4 is 5.96 Å². The predicted molar refractivity (Wildman–Crippen MR) is 87.4 cm³/mol. The molecule has 1 saturated heterocycles. The first-order valence-corrected chi connectivity index (χ1v) is 7.80. The molecule has 20 heavy (non-hydrogen) atoms. The Hall–Kier alpha value is -0.810. The van der Waals surface area contributed by atoms with Crippen molar-refractivity contribution in [2.45, 2.75) is 39.2 Å². The van der Waals surface area contributed by atoms with Crippen LogP contribution in [0.1, 0.15) is 33.6 Å². The molecule has 0 aliphatic carbocycles. The Balaban J connectivity index is 2.17. The van der Waals surface area contributed by atoms with E-state index in [1.54, 1.807) is 0 Å². The first-order valence-electron chi connectivity index (χ1n) is 7.80. The second kappa shape index (κ2) is 8.47. The smallest absolute Gasteiger partial charge is 0.191 e. The van der Waals surface area contributed by atoms with Crippen molar-refractivity contribution in [3.63, 3.8) is 0 Å². The van der Waals surface area contributed by atoms with Crippen LogP contribution in [0.4, 0.5) is 0 Å². The lowest BCUT2D eigenvalue weighted by molar-refractivity contribution is 0.273. The van der Waals surface area contributed by atoms with E-state index in [4.69, 9.17) is 0 Å². The van der Waals surface area contributed by atoms with Gasteiger partial charge in [-0.2, -0.15) is 0 Å². The molecule has 0 spiro atoms. The summed E-state index contributed by atoms with van der Waals surface area (Å²) < 4.78 is 0. The van der Waals surface area contributed by atoms with E-state index in [1.807, 2.05) is 7.05 Å². The molecule has 118 valence electrons. The lowest BCUT2D eigenvalue weighted by atomic mass is 10.1. The zero-order valence-electron chi connectivity index (χ0n) is 14.0. The second-order valence-corrected chi connectivity index (χ2v) is 6.73. The number of aliphatic imine (C=N–C) groups is 1. The normalized spacial score (nSPS) is 19.8. The van der Waals surface area contributed by atoms with E-state index in [9.17, 15) is 0 Å². The zero-order chi connectivity index (χ0) is 15.0. The molecule has 1 heterocycles. The molecule has 1 aliphatic rings. The minimum Gasteiger partial charge on any atom is -0.356 e. The Bertz CT molecular complexity index is 295. The van der Waals surface area contributed by atoms with Crippen LogP contribution < -0.4 is 10.6 Å². The summed E-state index contributed by atoms with van der Waals surface area (Å²) >= 11 is 0. The summed E-state index contributed by atoms with van der Waals surface area (Å²) in [6, 6.07) is 0. The Morgan fingerprint density at radius 3 is 2.55 bits per heavy atom. The van der Waals surface area contributed by atoms with Crippen molar-refractivity contribution in [1.82, 2.24) is 20.4 Å². The third kappa shape index (κ3) is 7.70. The summed E-state index contributed by atoms with van der Waals surface area (Å²) in [5.41, 5.74) is 0.0528. The van der Waals surface area contributed by atoms with Gasteiger partial charge in [-0.15, -0.1) is 0 Å². The summed E-state index contributed by atoms with van der Waals surface area (Å²) in [6.45, 7) is 13.5. The van der Waals surface area contributed by atoms with Gasteiger partial charge in [0, 0.05) is 32.2 Å². The molecule has 2 N–H and O–H groups in total. The average molecular weight is 283 g/mol. The van der Waals surface area contributed by atoms with Crippen LogP contribution in [0.25, 0.3) is 0 Å². The molecule has 0 aromatic carbocycles. The van der Waals surface area contributed by atoms with Gasteiger partial charge in [0.25, 0.3) is 0 Å². The first-order chi connectivity index (χ1) is 9.40. The minimum atomic E-state index is 0.0528. The van der Waals surface area contributed by atoms with Crippen molar-refractivity contribution < 1.29 is 0 Å². The molecule has 5 nitrogen and oxygen atoms in total. The van der Waals surface area contributed by atoms with Gasteiger partial charge in [0.2, 0.25) is 0 Å². The lowest BCUT2D eigenvalue weighted by Crippen LogP contribution is -2.48. The Morgan fingerprint density at radius 1 is 1.15 bits per heavy atom. The Morgan fingerprint density at radius 2 is 1.90 bits per heavy atom. The van der Waals surface area contributed by atoms with Crippen molar-refractivity contribution in [2.24, 2.45) is 4.99 Å². The third-order valence-electron chi connectivity index (χ3n) is 3.47. The molecule has 1 fully saturated rings. The van der Waals surface area contributed by atoms with Crippen molar-refractivity contribution in [2.75, 3.05) is 53.4 Å². The maximum Gasteiger partial charge on any atom is 0.191 e. The maximum absolute atomic E-state index is 4.26. The number of guanidine groups is 1. The van der Waals surface area contributed by atoms with E-state index in [1.165, 1.54) is 39.1 Å². The van der Waals surface area contributed by atoms with Crippen molar-refractivity contribution in [3.8, 4) is 0 Å². The number of rotatable bonds is 4. The number of hydrogen-bond donors (Lipinski definition) is 2. The van der Waals surface area contributed by atoms with Gasteiger partial charge in [0.1, 0.15) is 0 Å². The standard InChI is InChI=1S/C15H33N5/c1-15(2,3)18-14(16-4)17-8-6-10-20-11-7-9-19(5)12-13-20/h6-13H2,1-5H3,(H2,16,17,18). The van der Waals surface area contributed by atoms with Crippen LogP contribution >= 0.6 is 0 Å². The summed E-state index contributed by atoms with van der Waals surface area (Å²) in [4.78, 5) is 9.26. The van der Waals surface area contributed by atoms with Crippen molar-refractivity contribution in [1.29, 1.82) is 0 Å². The quantitative estimate of drug-likeness (QED) is 0.458. The van der Waals surface area contributed by atoms with Crippen LogP contribution in [0.15, 0.2) is 4.99 Å². The Kier molecular flexibility index (Phi) is 7.30. The SMILES string of the molecule is CN=C(NCCCN1CCCN(C)CC1)NC(C)(C)C. The van der Waals surface area contributed by atoms with E-state index < -0.39 is 0 Å². The van der Waals surface area contributed by atoms with Gasteiger partial charge in [-0.3, -0.25) is 4.99 Å². The highest BCUT2D eigenvalue weighted by Crippen LogP contribution is 2.01. The van der Waals surface area contributed by atoms with Crippen LogP contribution in [0.2, 0.25) is 0 Å². The van der Waals surface area contributed by atoms with E-state index in [0.717, 1.165) is 18.9 Å². The summed E-state index contributed by atoms with van der Waals surface area (Å²) in [6.07, 6.45) is 2.45. The van der Waals surface area contributed by atoms with Gasteiger partial charge in [-0.1, -0.05) is 0 Å². The average Bonchev–Trinajstić information content (AvgIpc) is 2.56. The van der Waals surface area contributed by atoms with Gasteiger partial charge in [-0.05, 0) is 60.3 Å². The molecular formula is C15H33N5. The van der Waals surface area contributed by atoms with Crippen LogP contribution in [0.3, 0.4) is 0 Å². The molecule has 1 aliphatic heterocycles. The molecule has 0 aromatic heterocycles. The van der Waals surface area contributed by atoms with E-state index in [2.05, 4.69) is 53.2 Å². The molecule has 1 rings (SSSR count). The highest BCUT2D eigenvalue weighted by Gasteiger charge is 2.13. The van der Waals surface area contributed by atoms with Crippen molar-refractivity contribution in [3.05, 3.63) is 0 Å². The number of hydrogen-bond acceptors (Lipinski definition) is 3. The second-order valence-electron chi connectivity index (χ2n) is 6.73. The molecule has 0 amide bonds. The predicted octanol–water partition coefficient (Wildman–Crippen LogP) is 0.978. The van der Waals surface area contributed by atoms with E-state index in [-0.39, 0.29) is 5.54 Å². The monoisotopic (exact) mass is 283 g/mol.